The molecule has 0 aromatic carbocycles. The molecule has 0 aromatic heterocycles. The van der Waals surface area contributed by atoms with Gasteiger partial charge in [-0.15, -0.1) is 0 Å². The molecule has 0 aliphatic carbocycles. The Labute approximate surface area is 92.6 Å². The third-order valence-electron chi connectivity index (χ3n) is 1.66. The van der Waals surface area contributed by atoms with Gasteiger partial charge in [-0.2, -0.15) is 0 Å². The molecule has 0 atom stereocenters. The fourth-order valence-electron chi connectivity index (χ4n) is 1.21. The molecule has 0 saturated carbocycles. The largest absolute Gasteiger partial charge is 0.296 e. The Bertz CT molecular complexity index is 217. The summed E-state index contributed by atoms with van der Waals surface area (Å²) >= 11 is 0. The van der Waals surface area contributed by atoms with Gasteiger partial charge in [-0.3, -0.25) is 14.9 Å². The summed E-state index contributed by atoms with van der Waals surface area (Å²) in [4.78, 5) is 22.8. The van der Waals surface area contributed by atoms with Gasteiger partial charge in [-0.05, 0) is 10.8 Å². The number of hydrogen-bond acceptors (Lipinski definition) is 2. The topological polar surface area (TPSA) is 46.2 Å². The molecule has 0 rings (SSSR count). The molecule has 1 N–H and O–H groups in total. The molecule has 0 radical (unpaired) electrons. The van der Waals surface area contributed by atoms with E-state index in [0.717, 1.165) is 0 Å². The van der Waals surface area contributed by atoms with Gasteiger partial charge in [-0.25, -0.2) is 0 Å². The highest BCUT2D eigenvalue weighted by molar-refractivity contribution is 5.95. The smallest absolute Gasteiger partial charge is 0.227 e. The van der Waals surface area contributed by atoms with Crippen molar-refractivity contribution < 1.29 is 9.59 Å². The third-order valence-corrected chi connectivity index (χ3v) is 1.66. The van der Waals surface area contributed by atoms with E-state index in [1.807, 2.05) is 41.5 Å². The van der Waals surface area contributed by atoms with E-state index in [2.05, 4.69) is 5.32 Å². The number of carbonyl (C=O) groups excluding carboxylic acids is 2. The molecular formula is C12H23NO2. The second-order valence-corrected chi connectivity index (χ2v) is 6.45. The monoisotopic (exact) mass is 213 g/mol. The Balaban J connectivity index is 4.04. The Morgan fingerprint density at radius 1 is 0.800 bits per heavy atom. The van der Waals surface area contributed by atoms with Crippen LogP contribution in [0.4, 0.5) is 0 Å². The number of hydrogen-bond donors (Lipinski definition) is 1. The predicted octanol–water partition coefficient (Wildman–Crippen LogP) is 2.50. The first-order valence-corrected chi connectivity index (χ1v) is 5.32. The SMILES string of the molecule is CC(C)(C)CC(=O)NC(=O)CC(C)(C)C. The summed E-state index contributed by atoms with van der Waals surface area (Å²) in [6.45, 7) is 11.8. The van der Waals surface area contributed by atoms with Crippen molar-refractivity contribution >= 4 is 11.8 Å². The summed E-state index contributed by atoms with van der Waals surface area (Å²) < 4.78 is 0. The van der Waals surface area contributed by atoms with Crippen LogP contribution < -0.4 is 5.32 Å². The Kier molecular flexibility index (Phi) is 4.50. The molecule has 0 saturated heterocycles. The highest BCUT2D eigenvalue weighted by Crippen LogP contribution is 2.19. The molecule has 0 spiro atoms. The molecular weight excluding hydrogens is 190 g/mol. The van der Waals surface area contributed by atoms with Crippen molar-refractivity contribution in [2.45, 2.75) is 54.4 Å². The van der Waals surface area contributed by atoms with Gasteiger partial charge in [0.25, 0.3) is 0 Å². The minimum atomic E-state index is -0.184. The van der Waals surface area contributed by atoms with Crippen molar-refractivity contribution in [3.63, 3.8) is 0 Å². The normalized spacial score (nSPS) is 12.4. The average Bonchev–Trinajstić information content (AvgIpc) is 1.73. The van der Waals surface area contributed by atoms with Gasteiger partial charge in [0.2, 0.25) is 11.8 Å². The van der Waals surface area contributed by atoms with Crippen LogP contribution in [0.25, 0.3) is 0 Å². The zero-order valence-corrected chi connectivity index (χ0v) is 10.7. The summed E-state index contributed by atoms with van der Waals surface area (Å²) in [5, 5.41) is 2.42. The molecule has 2 amide bonds. The number of rotatable bonds is 2. The quantitative estimate of drug-likeness (QED) is 0.766. The van der Waals surface area contributed by atoms with E-state index < -0.39 is 0 Å². The van der Waals surface area contributed by atoms with Crippen LogP contribution in [0, 0.1) is 10.8 Å². The zero-order valence-electron chi connectivity index (χ0n) is 10.7. The van der Waals surface area contributed by atoms with E-state index in [0.29, 0.717) is 12.8 Å². The average molecular weight is 213 g/mol. The van der Waals surface area contributed by atoms with E-state index in [4.69, 9.17) is 0 Å². The zero-order chi connectivity index (χ0) is 12.3. The van der Waals surface area contributed by atoms with Crippen molar-refractivity contribution in [2.24, 2.45) is 10.8 Å². The Morgan fingerprint density at radius 3 is 1.27 bits per heavy atom. The highest BCUT2D eigenvalue weighted by atomic mass is 16.2. The van der Waals surface area contributed by atoms with Gasteiger partial charge >= 0.3 is 0 Å². The molecule has 88 valence electrons. The van der Waals surface area contributed by atoms with E-state index in [1.165, 1.54) is 0 Å². The lowest BCUT2D eigenvalue weighted by Crippen LogP contribution is -2.35. The molecule has 3 nitrogen and oxygen atoms in total. The van der Waals surface area contributed by atoms with Crippen LogP contribution in [0.15, 0.2) is 0 Å². The number of imide groups is 1. The standard InChI is InChI=1S/C12H23NO2/c1-11(2,3)7-9(14)13-10(15)8-12(4,5)6/h7-8H2,1-6H3,(H,13,14,15). The first kappa shape index (κ1) is 14.1. The second-order valence-electron chi connectivity index (χ2n) is 6.45. The van der Waals surface area contributed by atoms with Gasteiger partial charge in [-0.1, -0.05) is 41.5 Å². The van der Waals surface area contributed by atoms with Crippen LogP contribution in [0.3, 0.4) is 0 Å². The molecule has 15 heavy (non-hydrogen) atoms. The maximum absolute atomic E-state index is 11.4. The predicted molar refractivity (Wildman–Crippen MR) is 61.3 cm³/mol. The Hall–Kier alpha value is -0.860. The molecule has 0 heterocycles. The van der Waals surface area contributed by atoms with E-state index in [9.17, 15) is 9.59 Å². The lowest BCUT2D eigenvalue weighted by atomic mass is 9.90. The third kappa shape index (κ3) is 9.44. The summed E-state index contributed by atoms with van der Waals surface area (Å²) in [5.41, 5.74) is -0.155. The van der Waals surface area contributed by atoms with Crippen LogP contribution in [0.5, 0.6) is 0 Å². The Morgan fingerprint density at radius 2 is 1.07 bits per heavy atom. The van der Waals surface area contributed by atoms with Gasteiger partial charge in [0.05, 0.1) is 0 Å². The highest BCUT2D eigenvalue weighted by Gasteiger charge is 2.20. The summed E-state index contributed by atoms with van der Waals surface area (Å²) in [6, 6.07) is 0. The van der Waals surface area contributed by atoms with Crippen LogP contribution in [0.1, 0.15) is 54.4 Å². The van der Waals surface area contributed by atoms with E-state index in [-0.39, 0.29) is 22.6 Å². The van der Waals surface area contributed by atoms with E-state index in [1.54, 1.807) is 0 Å². The van der Waals surface area contributed by atoms with Crippen molar-refractivity contribution in [3.8, 4) is 0 Å². The molecule has 0 bridgehead atoms. The number of carbonyl (C=O) groups is 2. The molecule has 3 heteroatoms. The van der Waals surface area contributed by atoms with Crippen molar-refractivity contribution in [3.05, 3.63) is 0 Å². The van der Waals surface area contributed by atoms with Crippen molar-refractivity contribution in [1.29, 1.82) is 0 Å². The van der Waals surface area contributed by atoms with Gasteiger partial charge in [0.15, 0.2) is 0 Å². The number of nitrogens with one attached hydrogen (secondary N) is 1. The van der Waals surface area contributed by atoms with E-state index >= 15 is 0 Å². The second kappa shape index (κ2) is 4.77. The molecule has 0 aromatic rings. The van der Waals surface area contributed by atoms with Crippen LogP contribution in [0.2, 0.25) is 0 Å². The van der Waals surface area contributed by atoms with Gasteiger partial charge in [0, 0.05) is 12.8 Å². The van der Waals surface area contributed by atoms with Crippen molar-refractivity contribution in [1.82, 2.24) is 5.32 Å². The van der Waals surface area contributed by atoms with Crippen LogP contribution in [-0.4, -0.2) is 11.8 Å². The lowest BCUT2D eigenvalue weighted by Gasteiger charge is -2.19. The molecule has 0 aliphatic rings. The number of amides is 2. The summed E-state index contributed by atoms with van der Waals surface area (Å²) in [5.74, 6) is -0.367. The maximum atomic E-state index is 11.4. The van der Waals surface area contributed by atoms with Gasteiger partial charge < -0.3 is 0 Å². The van der Waals surface area contributed by atoms with Crippen LogP contribution in [-0.2, 0) is 9.59 Å². The fourth-order valence-corrected chi connectivity index (χ4v) is 1.21. The first-order chi connectivity index (χ1) is 6.49. The van der Waals surface area contributed by atoms with Crippen LogP contribution >= 0.6 is 0 Å². The fraction of sp³-hybridized carbons (Fsp3) is 0.833. The van der Waals surface area contributed by atoms with Gasteiger partial charge in [0.1, 0.15) is 0 Å². The molecule has 0 aliphatic heterocycles. The minimum Gasteiger partial charge on any atom is -0.296 e. The minimum absolute atomic E-state index is 0.0773. The molecule has 0 fully saturated rings. The lowest BCUT2D eigenvalue weighted by molar-refractivity contribution is -0.132. The summed E-state index contributed by atoms with van der Waals surface area (Å²) in [6.07, 6.45) is 0.756. The first-order valence-electron chi connectivity index (χ1n) is 5.32. The maximum Gasteiger partial charge on any atom is 0.227 e. The summed E-state index contributed by atoms with van der Waals surface area (Å²) in [7, 11) is 0. The molecule has 0 unspecified atom stereocenters. The van der Waals surface area contributed by atoms with Crippen molar-refractivity contribution in [2.75, 3.05) is 0 Å².